The molecule has 1 aliphatic rings. The molecule has 1 heterocycles. The summed E-state index contributed by atoms with van der Waals surface area (Å²) in [5, 5.41) is 2.81. The molecule has 10 heteroatoms. The second-order valence-electron chi connectivity index (χ2n) is 8.15. The Balaban J connectivity index is 1.39. The summed E-state index contributed by atoms with van der Waals surface area (Å²) in [6, 6.07) is 13.0. The summed E-state index contributed by atoms with van der Waals surface area (Å²) < 4.78 is 52.8. The van der Waals surface area contributed by atoms with E-state index in [1.165, 1.54) is 5.56 Å². The van der Waals surface area contributed by atoms with Crippen LogP contribution in [0.4, 0.5) is 8.78 Å². The lowest BCUT2D eigenvalue weighted by atomic mass is 10.0. The fraction of sp³-hybridized carbons (Fsp3) is 0.435. The molecule has 1 unspecified atom stereocenters. The van der Waals surface area contributed by atoms with Gasteiger partial charge in [-0.3, -0.25) is 9.69 Å². The minimum atomic E-state index is -4.02. The van der Waals surface area contributed by atoms with Crippen molar-refractivity contribution in [2.75, 3.05) is 46.3 Å². The van der Waals surface area contributed by atoms with Gasteiger partial charge in [0.15, 0.2) is 11.6 Å². The van der Waals surface area contributed by atoms with Crippen molar-refractivity contribution in [3.05, 3.63) is 65.7 Å². The number of hydrogen-bond acceptors (Lipinski definition) is 5. The van der Waals surface area contributed by atoms with Gasteiger partial charge in [0.2, 0.25) is 15.9 Å². The van der Waals surface area contributed by atoms with E-state index in [9.17, 15) is 22.0 Å². The van der Waals surface area contributed by atoms with E-state index < -0.39 is 21.7 Å². The molecule has 3 rings (SSSR count). The van der Waals surface area contributed by atoms with Crippen LogP contribution in [-0.2, 0) is 14.8 Å². The summed E-state index contributed by atoms with van der Waals surface area (Å²) in [5.41, 5.74) is 1.28. The number of piperazine rings is 1. The predicted octanol–water partition coefficient (Wildman–Crippen LogP) is 2.13. The Morgan fingerprint density at radius 2 is 1.82 bits per heavy atom. The fourth-order valence-corrected chi connectivity index (χ4v) is 4.88. The first-order valence-corrected chi connectivity index (χ1v) is 12.4. The number of benzene rings is 2. The Kier molecular flexibility index (Phi) is 8.90. The molecular weight excluding hydrogens is 450 g/mol. The molecule has 0 radical (unpaired) electrons. The van der Waals surface area contributed by atoms with Crippen LogP contribution < -0.4 is 10.0 Å². The third-order valence-corrected chi connectivity index (χ3v) is 7.13. The van der Waals surface area contributed by atoms with Gasteiger partial charge in [-0.15, -0.1) is 0 Å². The summed E-state index contributed by atoms with van der Waals surface area (Å²) in [6.07, 6.45) is 0.726. The van der Waals surface area contributed by atoms with Crippen LogP contribution in [0.5, 0.6) is 0 Å². The zero-order valence-electron chi connectivity index (χ0n) is 18.6. The average Bonchev–Trinajstić information content (AvgIpc) is 2.79. The Morgan fingerprint density at radius 3 is 2.55 bits per heavy atom. The Bertz CT molecular complexity index is 1040. The first-order chi connectivity index (χ1) is 15.8. The Labute approximate surface area is 193 Å². The highest BCUT2D eigenvalue weighted by molar-refractivity contribution is 7.89. The number of carbonyl (C=O) groups excluding carboxylic acids is 1. The smallest absolute Gasteiger partial charge is 0.240 e. The molecule has 33 heavy (non-hydrogen) atoms. The highest BCUT2D eigenvalue weighted by Crippen LogP contribution is 2.24. The average molecular weight is 481 g/mol. The van der Waals surface area contributed by atoms with Crippen molar-refractivity contribution >= 4 is 15.9 Å². The molecule has 0 aromatic heterocycles. The quantitative estimate of drug-likeness (QED) is 0.509. The lowest BCUT2D eigenvalue weighted by Gasteiger charge is -2.40. The number of amides is 1. The van der Waals surface area contributed by atoms with E-state index in [0.717, 1.165) is 44.7 Å². The number of hydrogen-bond donors (Lipinski definition) is 2. The molecule has 1 saturated heterocycles. The van der Waals surface area contributed by atoms with Gasteiger partial charge >= 0.3 is 0 Å². The van der Waals surface area contributed by atoms with Gasteiger partial charge in [0.05, 0.1) is 4.90 Å². The molecule has 1 atom stereocenters. The number of halogens is 2. The number of sulfonamides is 1. The summed E-state index contributed by atoms with van der Waals surface area (Å²) in [6.45, 7) is 4.10. The van der Waals surface area contributed by atoms with E-state index in [1.54, 1.807) is 0 Å². The fourth-order valence-electron chi connectivity index (χ4n) is 3.84. The summed E-state index contributed by atoms with van der Waals surface area (Å²) >= 11 is 0. The second kappa shape index (κ2) is 11.6. The van der Waals surface area contributed by atoms with E-state index in [0.29, 0.717) is 18.7 Å². The molecule has 2 aromatic rings. The van der Waals surface area contributed by atoms with Gasteiger partial charge in [-0.05, 0) is 37.2 Å². The monoisotopic (exact) mass is 480 g/mol. The van der Waals surface area contributed by atoms with Crippen molar-refractivity contribution in [2.45, 2.75) is 23.8 Å². The second-order valence-corrected chi connectivity index (χ2v) is 9.92. The van der Waals surface area contributed by atoms with Gasteiger partial charge in [-0.25, -0.2) is 21.9 Å². The third kappa shape index (κ3) is 7.29. The van der Waals surface area contributed by atoms with Gasteiger partial charge in [0, 0.05) is 51.7 Å². The molecule has 1 amide bonds. The topological polar surface area (TPSA) is 81.8 Å². The lowest BCUT2D eigenvalue weighted by Crippen LogP contribution is -2.47. The van der Waals surface area contributed by atoms with Gasteiger partial charge in [0.25, 0.3) is 0 Å². The first-order valence-electron chi connectivity index (χ1n) is 11.0. The number of nitrogens with one attached hydrogen (secondary N) is 2. The van der Waals surface area contributed by atoms with Gasteiger partial charge in [-0.2, -0.15) is 0 Å². The SMILES string of the molecule is CN1CCN(CCCNC(=O)CCNS(=O)(=O)c2ccc(F)c(F)c2)C(c2ccccc2)C1. The molecule has 1 aliphatic heterocycles. The van der Waals surface area contributed by atoms with Crippen LogP contribution in [0.25, 0.3) is 0 Å². The van der Waals surface area contributed by atoms with Crippen LogP contribution in [0.1, 0.15) is 24.4 Å². The number of likely N-dealkylation sites (N-methyl/N-ethyl adjacent to an activating group) is 1. The van der Waals surface area contributed by atoms with Crippen LogP contribution in [-0.4, -0.2) is 70.4 Å². The zero-order chi connectivity index (χ0) is 23.8. The van der Waals surface area contributed by atoms with E-state index >= 15 is 0 Å². The summed E-state index contributed by atoms with van der Waals surface area (Å²) in [7, 11) is -1.90. The Morgan fingerprint density at radius 1 is 1.06 bits per heavy atom. The maximum absolute atomic E-state index is 13.3. The van der Waals surface area contributed by atoms with Crippen LogP contribution in [0.3, 0.4) is 0 Å². The third-order valence-electron chi connectivity index (χ3n) is 5.67. The highest BCUT2D eigenvalue weighted by Gasteiger charge is 2.26. The molecule has 2 N–H and O–H groups in total. The molecule has 0 bridgehead atoms. The minimum Gasteiger partial charge on any atom is -0.356 e. The maximum Gasteiger partial charge on any atom is 0.240 e. The molecule has 0 spiro atoms. The van der Waals surface area contributed by atoms with Crippen LogP contribution in [0.2, 0.25) is 0 Å². The van der Waals surface area contributed by atoms with Crippen LogP contribution in [0, 0.1) is 11.6 Å². The number of rotatable bonds is 10. The van der Waals surface area contributed by atoms with Crippen LogP contribution >= 0.6 is 0 Å². The molecule has 0 aliphatic carbocycles. The normalized spacial score (nSPS) is 17.7. The molecule has 7 nitrogen and oxygen atoms in total. The number of nitrogens with zero attached hydrogens (tertiary/aromatic N) is 2. The van der Waals surface area contributed by atoms with Gasteiger partial charge < -0.3 is 10.2 Å². The predicted molar refractivity (Wildman–Crippen MR) is 122 cm³/mol. The van der Waals surface area contributed by atoms with E-state index in [4.69, 9.17) is 0 Å². The van der Waals surface area contributed by atoms with Crippen molar-refractivity contribution in [3.8, 4) is 0 Å². The zero-order valence-corrected chi connectivity index (χ0v) is 19.5. The maximum atomic E-state index is 13.3. The van der Waals surface area contributed by atoms with E-state index in [2.05, 4.69) is 39.0 Å². The Hall–Kier alpha value is -2.40. The van der Waals surface area contributed by atoms with Crippen molar-refractivity contribution in [1.82, 2.24) is 19.8 Å². The molecular formula is C23H30F2N4O3S. The van der Waals surface area contributed by atoms with Gasteiger partial charge in [0.1, 0.15) is 0 Å². The highest BCUT2D eigenvalue weighted by atomic mass is 32.2. The molecule has 180 valence electrons. The lowest BCUT2D eigenvalue weighted by molar-refractivity contribution is -0.120. The molecule has 0 saturated carbocycles. The van der Waals surface area contributed by atoms with Crippen molar-refractivity contribution in [3.63, 3.8) is 0 Å². The van der Waals surface area contributed by atoms with E-state index in [-0.39, 0.29) is 23.8 Å². The summed E-state index contributed by atoms with van der Waals surface area (Å²) in [4.78, 5) is 16.4. The first kappa shape index (κ1) is 25.2. The standard InChI is InChI=1S/C23H30F2N4O3S/c1-28-14-15-29(22(17-28)18-6-3-2-4-7-18)13-5-11-26-23(30)10-12-27-33(31,32)19-8-9-20(24)21(25)16-19/h2-4,6-9,16,22,27H,5,10-15,17H2,1H3,(H,26,30). The van der Waals surface area contributed by atoms with Crippen molar-refractivity contribution < 1.29 is 22.0 Å². The van der Waals surface area contributed by atoms with E-state index in [1.807, 2.05) is 18.2 Å². The molecule has 1 fully saturated rings. The van der Waals surface area contributed by atoms with Gasteiger partial charge in [-0.1, -0.05) is 30.3 Å². The minimum absolute atomic E-state index is 0.0515. The number of carbonyl (C=O) groups is 1. The summed E-state index contributed by atoms with van der Waals surface area (Å²) in [5.74, 6) is -2.65. The van der Waals surface area contributed by atoms with Crippen molar-refractivity contribution in [1.29, 1.82) is 0 Å². The largest absolute Gasteiger partial charge is 0.356 e. The molecule has 2 aromatic carbocycles. The van der Waals surface area contributed by atoms with Crippen molar-refractivity contribution in [2.24, 2.45) is 0 Å². The van der Waals surface area contributed by atoms with Crippen LogP contribution in [0.15, 0.2) is 53.4 Å².